The van der Waals surface area contributed by atoms with E-state index >= 15 is 0 Å². The molecule has 1 saturated heterocycles. The normalized spacial score (nSPS) is 14.7. The smallest absolute Gasteiger partial charge is 0.252 e. The van der Waals surface area contributed by atoms with Gasteiger partial charge in [-0.3, -0.25) is 9.59 Å². The molecule has 0 saturated carbocycles. The zero-order valence-corrected chi connectivity index (χ0v) is 16.5. The van der Waals surface area contributed by atoms with Gasteiger partial charge in [-0.15, -0.1) is 0 Å². The van der Waals surface area contributed by atoms with E-state index in [4.69, 9.17) is 4.74 Å². The number of benzene rings is 2. The number of likely N-dealkylation sites (tertiary alicyclic amines) is 1. The lowest BCUT2D eigenvalue weighted by atomic mass is 10.0. The molecule has 0 spiro atoms. The minimum atomic E-state index is -0.619. The van der Waals surface area contributed by atoms with Gasteiger partial charge in [0.15, 0.2) is 0 Å². The minimum absolute atomic E-state index is 0.0240. The highest BCUT2D eigenvalue weighted by Gasteiger charge is 2.29. The van der Waals surface area contributed by atoms with Gasteiger partial charge in [-0.05, 0) is 42.7 Å². The van der Waals surface area contributed by atoms with Crippen molar-refractivity contribution in [2.45, 2.75) is 25.3 Å². The van der Waals surface area contributed by atoms with Crippen molar-refractivity contribution in [2.24, 2.45) is 0 Å². The zero-order chi connectivity index (χ0) is 20.2. The Morgan fingerprint density at radius 3 is 2.72 bits per heavy atom. The van der Waals surface area contributed by atoms with E-state index in [0.29, 0.717) is 17.7 Å². The van der Waals surface area contributed by atoms with Gasteiger partial charge in [0.05, 0.1) is 7.11 Å². The van der Waals surface area contributed by atoms with Crippen LogP contribution < -0.4 is 10.1 Å². The lowest BCUT2D eigenvalue weighted by Crippen LogP contribution is -2.49. The van der Waals surface area contributed by atoms with E-state index in [0.717, 1.165) is 42.4 Å². The van der Waals surface area contributed by atoms with Crippen molar-refractivity contribution in [1.82, 2.24) is 15.2 Å². The number of para-hydroxylation sites is 1. The summed E-state index contributed by atoms with van der Waals surface area (Å²) in [6.45, 7) is 1.50. The van der Waals surface area contributed by atoms with Crippen LogP contribution in [0.1, 0.15) is 28.8 Å². The number of aromatic amines is 1. The van der Waals surface area contributed by atoms with Gasteiger partial charge in [0, 0.05) is 42.2 Å². The van der Waals surface area contributed by atoms with Gasteiger partial charge in [-0.25, -0.2) is 0 Å². The van der Waals surface area contributed by atoms with Crippen molar-refractivity contribution >= 4 is 22.7 Å². The van der Waals surface area contributed by atoms with Crippen molar-refractivity contribution in [3.8, 4) is 5.75 Å². The van der Waals surface area contributed by atoms with E-state index in [9.17, 15) is 9.59 Å². The van der Waals surface area contributed by atoms with Crippen LogP contribution in [0.4, 0.5) is 0 Å². The molecule has 6 nitrogen and oxygen atoms in total. The highest BCUT2D eigenvalue weighted by Crippen LogP contribution is 2.21. The Labute approximate surface area is 169 Å². The number of ether oxygens (including phenoxy) is 1. The summed E-state index contributed by atoms with van der Waals surface area (Å²) in [6, 6.07) is 14.3. The second-order valence-electron chi connectivity index (χ2n) is 7.35. The molecule has 1 aromatic heterocycles. The van der Waals surface area contributed by atoms with Gasteiger partial charge >= 0.3 is 0 Å². The molecule has 4 rings (SSSR count). The summed E-state index contributed by atoms with van der Waals surface area (Å²) in [5.74, 6) is 0.307. The van der Waals surface area contributed by atoms with Gasteiger partial charge in [-0.2, -0.15) is 0 Å². The summed E-state index contributed by atoms with van der Waals surface area (Å²) >= 11 is 0. The monoisotopic (exact) mass is 391 g/mol. The van der Waals surface area contributed by atoms with Crippen molar-refractivity contribution in [2.75, 3.05) is 20.2 Å². The van der Waals surface area contributed by atoms with Crippen LogP contribution >= 0.6 is 0 Å². The average Bonchev–Trinajstić information content (AvgIpc) is 3.43. The van der Waals surface area contributed by atoms with Crippen molar-refractivity contribution in [1.29, 1.82) is 0 Å². The van der Waals surface area contributed by atoms with Crippen LogP contribution in [0.2, 0.25) is 0 Å². The predicted molar refractivity (Wildman–Crippen MR) is 112 cm³/mol. The molecule has 29 heavy (non-hydrogen) atoms. The average molecular weight is 391 g/mol. The zero-order valence-electron chi connectivity index (χ0n) is 16.5. The number of rotatable bonds is 6. The van der Waals surface area contributed by atoms with Crippen LogP contribution in [0.25, 0.3) is 10.9 Å². The molecule has 2 N–H and O–H groups in total. The Hall–Kier alpha value is -3.28. The third-order valence-corrected chi connectivity index (χ3v) is 5.45. The molecule has 1 fully saturated rings. The minimum Gasteiger partial charge on any atom is -0.497 e. The molecule has 2 aromatic carbocycles. The Kier molecular flexibility index (Phi) is 5.51. The largest absolute Gasteiger partial charge is 0.497 e. The first kappa shape index (κ1) is 19.1. The number of amides is 2. The fourth-order valence-electron chi connectivity index (χ4n) is 3.88. The number of nitrogens with zero attached hydrogens (tertiary/aromatic N) is 1. The first-order chi connectivity index (χ1) is 14.2. The van der Waals surface area contributed by atoms with Crippen LogP contribution in [0.15, 0.2) is 54.7 Å². The molecule has 0 aliphatic carbocycles. The SMILES string of the molecule is COc1cccc(C(=O)N[C@@H](Cc2c[nH]c3ccccc23)C(=O)N2CCCC2)c1. The van der Waals surface area contributed by atoms with Crippen molar-refractivity contribution in [3.05, 3.63) is 65.9 Å². The molecule has 0 radical (unpaired) electrons. The summed E-state index contributed by atoms with van der Waals surface area (Å²) < 4.78 is 5.21. The lowest BCUT2D eigenvalue weighted by molar-refractivity contribution is -0.132. The van der Waals surface area contributed by atoms with Crippen molar-refractivity contribution < 1.29 is 14.3 Å². The maximum atomic E-state index is 13.2. The lowest BCUT2D eigenvalue weighted by Gasteiger charge is -2.24. The second-order valence-corrected chi connectivity index (χ2v) is 7.35. The number of methoxy groups -OCH3 is 1. The van der Waals surface area contributed by atoms with Crippen LogP contribution in [0, 0.1) is 0 Å². The fourth-order valence-corrected chi connectivity index (χ4v) is 3.88. The van der Waals surface area contributed by atoms with Crippen LogP contribution in [0.5, 0.6) is 5.75 Å². The highest BCUT2D eigenvalue weighted by molar-refractivity contribution is 5.98. The number of carbonyl (C=O) groups excluding carboxylic acids is 2. The van der Waals surface area contributed by atoms with E-state index in [1.165, 1.54) is 0 Å². The van der Waals surface area contributed by atoms with Crippen LogP contribution in [-0.2, 0) is 11.2 Å². The Bertz CT molecular complexity index is 1020. The fraction of sp³-hybridized carbons (Fsp3) is 0.304. The van der Waals surface area contributed by atoms with E-state index in [-0.39, 0.29) is 11.8 Å². The summed E-state index contributed by atoms with van der Waals surface area (Å²) in [6.07, 6.45) is 4.38. The molecule has 150 valence electrons. The first-order valence-electron chi connectivity index (χ1n) is 9.94. The third kappa shape index (κ3) is 4.11. The van der Waals surface area contributed by atoms with Gasteiger partial charge in [-0.1, -0.05) is 24.3 Å². The topological polar surface area (TPSA) is 74.4 Å². The van der Waals surface area contributed by atoms with E-state index in [1.54, 1.807) is 31.4 Å². The molecule has 0 unspecified atom stereocenters. The standard InChI is InChI=1S/C23H25N3O3/c1-29-18-8-6-7-16(13-18)22(27)25-21(23(28)26-11-4-5-12-26)14-17-15-24-20-10-3-2-9-19(17)20/h2-3,6-10,13,15,21,24H,4-5,11-12,14H2,1H3,(H,25,27)/t21-/m0/s1. The predicted octanol–water partition coefficient (Wildman–Crippen LogP) is 3.14. The van der Waals surface area contributed by atoms with E-state index in [2.05, 4.69) is 10.3 Å². The molecule has 1 aliphatic heterocycles. The molecular weight excluding hydrogens is 366 g/mol. The van der Waals surface area contributed by atoms with Gasteiger partial charge < -0.3 is 19.9 Å². The molecule has 1 aliphatic rings. The van der Waals surface area contributed by atoms with Crippen LogP contribution in [-0.4, -0.2) is 47.9 Å². The molecule has 2 heterocycles. The molecule has 3 aromatic rings. The summed E-state index contributed by atoms with van der Waals surface area (Å²) in [5, 5.41) is 4.04. The molecule has 1 atom stereocenters. The summed E-state index contributed by atoms with van der Waals surface area (Å²) in [5.41, 5.74) is 2.51. The highest BCUT2D eigenvalue weighted by atomic mass is 16.5. The molecule has 6 heteroatoms. The number of carbonyl (C=O) groups is 2. The Morgan fingerprint density at radius 2 is 1.93 bits per heavy atom. The van der Waals surface area contributed by atoms with E-state index < -0.39 is 6.04 Å². The van der Waals surface area contributed by atoms with Crippen LogP contribution in [0.3, 0.4) is 0 Å². The van der Waals surface area contributed by atoms with Gasteiger partial charge in [0.1, 0.15) is 11.8 Å². The second kappa shape index (κ2) is 8.39. The Morgan fingerprint density at radius 1 is 1.14 bits per heavy atom. The number of nitrogens with one attached hydrogen (secondary N) is 2. The maximum Gasteiger partial charge on any atom is 0.252 e. The summed E-state index contributed by atoms with van der Waals surface area (Å²) in [7, 11) is 1.56. The summed E-state index contributed by atoms with van der Waals surface area (Å²) in [4.78, 5) is 31.2. The molecule has 0 bridgehead atoms. The number of aromatic nitrogens is 1. The number of fused-ring (bicyclic) bond motifs is 1. The van der Waals surface area contributed by atoms with E-state index in [1.807, 2.05) is 35.4 Å². The van der Waals surface area contributed by atoms with Gasteiger partial charge in [0.25, 0.3) is 5.91 Å². The maximum absolute atomic E-state index is 13.2. The Balaban J connectivity index is 1.59. The van der Waals surface area contributed by atoms with Crippen molar-refractivity contribution in [3.63, 3.8) is 0 Å². The third-order valence-electron chi connectivity index (χ3n) is 5.45. The molecule has 2 amide bonds. The number of hydrogen-bond donors (Lipinski definition) is 2. The number of H-pyrrole nitrogens is 1. The quantitative estimate of drug-likeness (QED) is 0.678. The van der Waals surface area contributed by atoms with Gasteiger partial charge in [0.2, 0.25) is 5.91 Å². The first-order valence-corrected chi connectivity index (χ1v) is 9.94. The number of hydrogen-bond acceptors (Lipinski definition) is 3. The molecular formula is C23H25N3O3.